The van der Waals surface area contributed by atoms with Crippen LogP contribution in [0.1, 0.15) is 57.6 Å². The van der Waals surface area contributed by atoms with Gasteiger partial charge in [0.1, 0.15) is 5.82 Å². The summed E-state index contributed by atoms with van der Waals surface area (Å²) in [5, 5.41) is 0.633. The Labute approximate surface area is 165 Å². The number of carbonyl (C=O) groups is 1. The van der Waals surface area contributed by atoms with Gasteiger partial charge in [-0.1, -0.05) is 13.8 Å². The van der Waals surface area contributed by atoms with Crippen molar-refractivity contribution in [3.8, 4) is 0 Å². The molecule has 0 saturated carbocycles. The summed E-state index contributed by atoms with van der Waals surface area (Å²) in [6, 6.07) is 3.58. The molecule has 1 saturated heterocycles. The van der Waals surface area contributed by atoms with Gasteiger partial charge in [-0.05, 0) is 68.1 Å². The number of amides is 1. The number of likely N-dealkylation sites (N-methyl/N-ethyl adjacent to an activating group) is 1. The van der Waals surface area contributed by atoms with Crippen LogP contribution in [0.4, 0.5) is 10.1 Å². The van der Waals surface area contributed by atoms with Crippen molar-refractivity contribution in [3.05, 3.63) is 34.0 Å². The van der Waals surface area contributed by atoms with Crippen molar-refractivity contribution in [2.75, 3.05) is 25.5 Å². The van der Waals surface area contributed by atoms with E-state index in [1.807, 2.05) is 6.07 Å². The first kappa shape index (κ1) is 19.9. The van der Waals surface area contributed by atoms with Crippen LogP contribution >= 0.6 is 11.8 Å². The van der Waals surface area contributed by atoms with Crippen molar-refractivity contribution in [2.24, 2.45) is 4.99 Å². The Morgan fingerprint density at radius 1 is 1.41 bits per heavy atom. The molecule has 146 valence electrons. The third-order valence-corrected chi connectivity index (χ3v) is 6.58. The molecule has 4 nitrogen and oxygen atoms in total. The number of hydrogen-bond acceptors (Lipinski definition) is 4. The molecule has 1 aromatic rings. The van der Waals surface area contributed by atoms with Crippen LogP contribution in [0.3, 0.4) is 0 Å². The lowest BCUT2D eigenvalue weighted by atomic mass is 9.79. The SMILES string of the molecule is CCCN1c2cc(F)c(/C=C3/SC(=NC)N(C)C3=O)cc2C(C)CC1(C)C. The molecule has 27 heavy (non-hydrogen) atoms. The molecule has 0 spiro atoms. The van der Waals surface area contributed by atoms with E-state index in [1.54, 1.807) is 26.2 Å². The van der Waals surface area contributed by atoms with Crippen LogP contribution in [-0.4, -0.2) is 42.2 Å². The molecule has 6 heteroatoms. The molecule has 3 rings (SSSR count). The van der Waals surface area contributed by atoms with Gasteiger partial charge < -0.3 is 4.90 Å². The molecule has 1 amide bonds. The van der Waals surface area contributed by atoms with Crippen molar-refractivity contribution >= 4 is 34.6 Å². The summed E-state index contributed by atoms with van der Waals surface area (Å²) in [6.45, 7) is 9.71. The first-order valence-electron chi connectivity index (χ1n) is 9.45. The number of halogens is 1. The number of aliphatic imine (C=N–C) groups is 1. The van der Waals surface area contributed by atoms with Crippen molar-refractivity contribution < 1.29 is 9.18 Å². The van der Waals surface area contributed by atoms with Gasteiger partial charge in [0.2, 0.25) is 0 Å². The van der Waals surface area contributed by atoms with Gasteiger partial charge in [-0.3, -0.25) is 14.7 Å². The molecule has 0 aromatic heterocycles. The Bertz CT molecular complexity index is 831. The van der Waals surface area contributed by atoms with E-state index in [4.69, 9.17) is 0 Å². The average Bonchev–Trinajstić information content (AvgIpc) is 2.87. The number of carbonyl (C=O) groups excluding carboxylic acids is 1. The Kier molecular flexibility index (Phi) is 5.39. The summed E-state index contributed by atoms with van der Waals surface area (Å²) in [7, 11) is 3.34. The summed E-state index contributed by atoms with van der Waals surface area (Å²) in [4.78, 5) is 20.8. The lowest BCUT2D eigenvalue weighted by Crippen LogP contribution is -2.48. The minimum atomic E-state index is -0.287. The smallest absolute Gasteiger partial charge is 0.266 e. The van der Waals surface area contributed by atoms with Gasteiger partial charge in [0.15, 0.2) is 5.17 Å². The van der Waals surface area contributed by atoms with Crippen molar-refractivity contribution in [1.82, 2.24) is 4.90 Å². The van der Waals surface area contributed by atoms with E-state index in [9.17, 15) is 9.18 Å². The van der Waals surface area contributed by atoms with Crippen molar-refractivity contribution in [2.45, 2.75) is 52.0 Å². The Balaban J connectivity index is 2.06. The number of anilines is 1. The van der Waals surface area contributed by atoms with Crippen molar-refractivity contribution in [3.63, 3.8) is 0 Å². The van der Waals surface area contributed by atoms with E-state index < -0.39 is 0 Å². The number of rotatable bonds is 3. The number of hydrogen-bond donors (Lipinski definition) is 0. The third kappa shape index (κ3) is 3.51. The lowest BCUT2D eigenvalue weighted by Gasteiger charge is -2.47. The molecule has 0 radical (unpaired) electrons. The lowest BCUT2D eigenvalue weighted by molar-refractivity contribution is -0.121. The number of amidine groups is 1. The fourth-order valence-corrected chi connectivity index (χ4v) is 5.09. The van der Waals surface area contributed by atoms with E-state index in [0.29, 0.717) is 21.6 Å². The van der Waals surface area contributed by atoms with E-state index in [2.05, 4.69) is 37.6 Å². The van der Waals surface area contributed by atoms with E-state index in [-0.39, 0.29) is 17.3 Å². The van der Waals surface area contributed by atoms with Crippen LogP contribution in [0.2, 0.25) is 0 Å². The van der Waals surface area contributed by atoms with Gasteiger partial charge in [-0.2, -0.15) is 0 Å². The number of fused-ring (bicyclic) bond motifs is 1. The highest BCUT2D eigenvalue weighted by atomic mass is 32.2. The zero-order valence-corrected chi connectivity index (χ0v) is 17.8. The molecule has 0 aliphatic carbocycles. The van der Waals surface area contributed by atoms with Gasteiger partial charge in [0, 0.05) is 37.4 Å². The average molecular weight is 390 g/mol. The first-order valence-corrected chi connectivity index (χ1v) is 10.3. The minimum Gasteiger partial charge on any atom is -0.366 e. The number of thioether (sulfide) groups is 1. The second-order valence-electron chi connectivity index (χ2n) is 7.98. The molecular formula is C21H28FN3OS. The second kappa shape index (κ2) is 7.30. The minimum absolute atomic E-state index is 0.00131. The topological polar surface area (TPSA) is 35.9 Å². The van der Waals surface area contributed by atoms with Gasteiger partial charge in [0.25, 0.3) is 5.91 Å². The fraction of sp³-hybridized carbons (Fsp3) is 0.524. The second-order valence-corrected chi connectivity index (χ2v) is 8.99. The molecule has 2 aliphatic rings. The maximum Gasteiger partial charge on any atom is 0.266 e. The zero-order valence-electron chi connectivity index (χ0n) is 17.0. The molecule has 0 N–H and O–H groups in total. The monoisotopic (exact) mass is 389 g/mol. The van der Waals surface area contributed by atoms with Crippen LogP contribution in [0.25, 0.3) is 6.08 Å². The Morgan fingerprint density at radius 2 is 2.11 bits per heavy atom. The molecule has 1 fully saturated rings. The summed E-state index contributed by atoms with van der Waals surface area (Å²) in [5.74, 6) is -0.0899. The molecular weight excluding hydrogens is 361 g/mol. The van der Waals surface area contributed by atoms with Gasteiger partial charge in [-0.15, -0.1) is 0 Å². The quantitative estimate of drug-likeness (QED) is 0.693. The highest BCUT2D eigenvalue weighted by Crippen LogP contribution is 2.44. The van der Waals surface area contributed by atoms with Gasteiger partial charge in [-0.25, -0.2) is 4.39 Å². The number of nitrogens with zero attached hydrogens (tertiary/aromatic N) is 3. The maximum atomic E-state index is 15.0. The highest BCUT2D eigenvalue weighted by molar-refractivity contribution is 8.18. The van der Waals surface area contributed by atoms with Gasteiger partial charge >= 0.3 is 0 Å². The largest absolute Gasteiger partial charge is 0.366 e. The maximum absolute atomic E-state index is 15.0. The molecule has 1 unspecified atom stereocenters. The summed E-state index contributed by atoms with van der Waals surface area (Å²) >= 11 is 1.29. The highest BCUT2D eigenvalue weighted by Gasteiger charge is 2.37. The van der Waals surface area contributed by atoms with E-state index in [0.717, 1.165) is 30.6 Å². The predicted octanol–water partition coefficient (Wildman–Crippen LogP) is 4.86. The standard InChI is InChI=1S/C21H28FN3OS/c1-7-8-25-17-11-16(22)14(9-15(17)13(2)12-21(25,3)4)10-18-19(26)24(6)20(23-5)27-18/h9-11,13H,7-8,12H2,1-6H3/b18-10+,23-20?. The van der Waals surface area contributed by atoms with Crippen LogP contribution in [0, 0.1) is 5.82 Å². The van der Waals surface area contributed by atoms with Crippen LogP contribution in [-0.2, 0) is 4.79 Å². The van der Waals surface area contributed by atoms with Gasteiger partial charge in [0.05, 0.1) is 4.91 Å². The van der Waals surface area contributed by atoms with Crippen LogP contribution < -0.4 is 4.90 Å². The van der Waals surface area contributed by atoms with Crippen molar-refractivity contribution in [1.29, 1.82) is 0 Å². The fourth-order valence-electron chi connectivity index (χ4n) is 4.17. The Hall–Kier alpha value is -1.82. The number of benzene rings is 1. The molecule has 1 atom stereocenters. The summed E-state index contributed by atoms with van der Waals surface area (Å²) in [6.07, 6.45) is 3.69. The molecule has 1 aromatic carbocycles. The molecule has 2 aliphatic heterocycles. The summed E-state index contributed by atoms with van der Waals surface area (Å²) in [5.41, 5.74) is 2.61. The Morgan fingerprint density at radius 3 is 2.70 bits per heavy atom. The van der Waals surface area contributed by atoms with E-state index >= 15 is 0 Å². The van der Waals surface area contributed by atoms with E-state index in [1.165, 1.54) is 16.7 Å². The zero-order chi connectivity index (χ0) is 19.9. The predicted molar refractivity (Wildman–Crippen MR) is 113 cm³/mol. The van der Waals surface area contributed by atoms with Crippen LogP contribution in [0.15, 0.2) is 22.0 Å². The molecule has 2 heterocycles. The van der Waals surface area contributed by atoms with Crippen LogP contribution in [0.5, 0.6) is 0 Å². The third-order valence-electron chi connectivity index (χ3n) is 5.43. The normalized spacial score (nSPS) is 24.9. The molecule has 0 bridgehead atoms. The summed E-state index contributed by atoms with van der Waals surface area (Å²) < 4.78 is 15.0. The first-order chi connectivity index (χ1) is 12.7.